The van der Waals surface area contributed by atoms with Crippen LogP contribution in [0.15, 0.2) is 55.1 Å². The van der Waals surface area contributed by atoms with Crippen LogP contribution < -0.4 is 10.6 Å². The Kier molecular flexibility index (Phi) is 9.04. The smallest absolute Gasteiger partial charge is 0.254 e. The van der Waals surface area contributed by atoms with E-state index in [1.807, 2.05) is 44.2 Å². The summed E-state index contributed by atoms with van der Waals surface area (Å²) >= 11 is 1.45. The van der Waals surface area contributed by atoms with Crippen LogP contribution >= 0.6 is 11.8 Å². The number of nitrogens with zero attached hydrogens (tertiary/aromatic N) is 1. The number of aryl methyl sites for hydroxylation is 1. The zero-order valence-corrected chi connectivity index (χ0v) is 22.5. The van der Waals surface area contributed by atoms with E-state index < -0.39 is 34.7 Å². The van der Waals surface area contributed by atoms with E-state index in [1.54, 1.807) is 32.1 Å². The molecule has 1 aliphatic heterocycles. The molecule has 3 atom stereocenters. The summed E-state index contributed by atoms with van der Waals surface area (Å²) in [6.07, 6.45) is 0.144. The van der Waals surface area contributed by atoms with Crippen molar-refractivity contribution in [3.63, 3.8) is 0 Å². The number of aliphatic hydroxyl groups excluding tert-OH is 1. The lowest BCUT2D eigenvalue weighted by Gasteiger charge is -2.33. The lowest BCUT2D eigenvalue weighted by atomic mass is 9.96. The summed E-state index contributed by atoms with van der Waals surface area (Å²) in [7, 11) is 0. The van der Waals surface area contributed by atoms with Crippen molar-refractivity contribution in [2.45, 2.75) is 57.1 Å². The fourth-order valence-corrected chi connectivity index (χ4v) is 5.60. The Balaban J connectivity index is 1.89. The number of phenols is 1. The molecule has 3 amide bonds. The normalized spacial score (nSPS) is 18.1. The first kappa shape index (κ1) is 28.3. The van der Waals surface area contributed by atoms with Gasteiger partial charge in [-0.3, -0.25) is 14.4 Å². The highest BCUT2D eigenvalue weighted by molar-refractivity contribution is 8.00. The number of carbonyl (C=O) groups is 3. The summed E-state index contributed by atoms with van der Waals surface area (Å²) in [5, 5.41) is 27.2. The van der Waals surface area contributed by atoms with Gasteiger partial charge in [-0.25, -0.2) is 0 Å². The molecule has 0 aliphatic carbocycles. The minimum absolute atomic E-state index is 0.0218. The van der Waals surface area contributed by atoms with Crippen molar-refractivity contribution >= 4 is 29.5 Å². The number of aromatic hydroxyl groups is 1. The van der Waals surface area contributed by atoms with E-state index in [9.17, 15) is 24.6 Å². The second-order valence-corrected chi connectivity index (χ2v) is 11.3. The van der Waals surface area contributed by atoms with E-state index in [1.165, 1.54) is 16.7 Å². The molecule has 0 radical (unpaired) electrons. The molecule has 4 N–H and O–H groups in total. The minimum atomic E-state index is -1.60. The standard InChI is InChI=1S/C28H35N3O5S/c1-6-14-29-26(35)24-28(4,5)37-16-31(24)27(36)23(33)21(15-19-10-8-7-9-11-19)30-25(34)20-13-12-17(2)22(32)18(20)3/h6-13,21,23-24,32-33H,1,14-16H2,2-5H3,(H,29,35)(H,30,34)/t21-,23-,24+/m0/s1. The first-order valence-corrected chi connectivity index (χ1v) is 13.1. The maximum Gasteiger partial charge on any atom is 0.254 e. The van der Waals surface area contributed by atoms with Crippen molar-refractivity contribution < 1.29 is 24.6 Å². The van der Waals surface area contributed by atoms with Crippen molar-refractivity contribution in [3.8, 4) is 5.75 Å². The van der Waals surface area contributed by atoms with Crippen molar-refractivity contribution in [2.24, 2.45) is 0 Å². The van der Waals surface area contributed by atoms with Gasteiger partial charge < -0.3 is 25.7 Å². The summed E-state index contributed by atoms with van der Waals surface area (Å²) < 4.78 is -0.574. The molecule has 3 rings (SSSR count). The SMILES string of the molecule is C=CCNC(=O)[C@H]1N(C(=O)[C@@H](O)[C@H](Cc2ccccc2)NC(=O)c2ccc(C)c(O)c2C)CSC1(C)C. The summed E-state index contributed by atoms with van der Waals surface area (Å²) in [4.78, 5) is 41.2. The molecule has 9 heteroatoms. The lowest BCUT2D eigenvalue weighted by molar-refractivity contribution is -0.147. The highest BCUT2D eigenvalue weighted by Crippen LogP contribution is 2.39. The minimum Gasteiger partial charge on any atom is -0.507 e. The predicted octanol–water partition coefficient (Wildman–Crippen LogP) is 2.69. The summed E-state index contributed by atoms with van der Waals surface area (Å²) in [6.45, 7) is 11.0. The molecule has 0 spiro atoms. The fourth-order valence-electron chi connectivity index (χ4n) is 4.46. The van der Waals surface area contributed by atoms with Gasteiger partial charge in [-0.2, -0.15) is 0 Å². The number of thioether (sulfide) groups is 1. The van der Waals surface area contributed by atoms with Crippen molar-refractivity contribution in [1.29, 1.82) is 0 Å². The number of phenolic OH excluding ortho intramolecular Hbond substituents is 1. The predicted molar refractivity (Wildman–Crippen MR) is 145 cm³/mol. The molecule has 8 nitrogen and oxygen atoms in total. The van der Waals surface area contributed by atoms with Gasteiger partial charge in [-0.15, -0.1) is 18.3 Å². The van der Waals surface area contributed by atoms with Crippen LogP contribution in [0.25, 0.3) is 0 Å². The zero-order chi connectivity index (χ0) is 27.3. The molecule has 1 heterocycles. The van der Waals surface area contributed by atoms with Gasteiger partial charge in [0.05, 0.1) is 11.9 Å². The Bertz CT molecular complexity index is 1170. The van der Waals surface area contributed by atoms with E-state index in [4.69, 9.17) is 0 Å². The summed E-state index contributed by atoms with van der Waals surface area (Å²) in [5.74, 6) is -1.23. The Labute approximate surface area is 222 Å². The van der Waals surface area contributed by atoms with Crippen LogP contribution in [0.1, 0.15) is 40.9 Å². The van der Waals surface area contributed by atoms with Gasteiger partial charge >= 0.3 is 0 Å². The van der Waals surface area contributed by atoms with E-state index >= 15 is 0 Å². The van der Waals surface area contributed by atoms with Gasteiger partial charge in [0, 0.05) is 22.4 Å². The molecule has 198 valence electrons. The molecule has 0 bridgehead atoms. The maximum atomic E-state index is 13.6. The second kappa shape index (κ2) is 11.8. The Morgan fingerprint density at radius 1 is 1.19 bits per heavy atom. The van der Waals surface area contributed by atoms with Crippen LogP contribution in [0.2, 0.25) is 0 Å². The van der Waals surface area contributed by atoms with E-state index in [2.05, 4.69) is 17.2 Å². The molecule has 0 aromatic heterocycles. The van der Waals surface area contributed by atoms with Gasteiger partial charge in [0.15, 0.2) is 6.10 Å². The van der Waals surface area contributed by atoms with Crippen LogP contribution in [0.3, 0.4) is 0 Å². The van der Waals surface area contributed by atoms with Crippen LogP contribution in [0, 0.1) is 13.8 Å². The van der Waals surface area contributed by atoms with Crippen LogP contribution in [-0.2, 0) is 16.0 Å². The first-order valence-electron chi connectivity index (χ1n) is 12.1. The molecule has 2 aromatic rings. The topological polar surface area (TPSA) is 119 Å². The number of nitrogens with one attached hydrogen (secondary N) is 2. The molecule has 2 aromatic carbocycles. The zero-order valence-electron chi connectivity index (χ0n) is 21.7. The number of amides is 3. The molecular formula is C28H35N3O5S. The maximum absolute atomic E-state index is 13.6. The number of hydrogen-bond donors (Lipinski definition) is 4. The second-order valence-electron chi connectivity index (χ2n) is 9.74. The van der Waals surface area contributed by atoms with Gasteiger partial charge in [0.2, 0.25) is 5.91 Å². The molecule has 0 unspecified atom stereocenters. The monoisotopic (exact) mass is 525 g/mol. The molecule has 1 fully saturated rings. The number of rotatable bonds is 9. The van der Waals surface area contributed by atoms with E-state index in [0.717, 1.165) is 5.56 Å². The quantitative estimate of drug-likeness (QED) is 0.374. The van der Waals surface area contributed by atoms with E-state index in [0.29, 0.717) is 11.1 Å². The number of hydrogen-bond acceptors (Lipinski definition) is 6. The van der Waals surface area contributed by atoms with Crippen LogP contribution in [0.5, 0.6) is 5.75 Å². The third-order valence-electron chi connectivity index (χ3n) is 6.62. The number of benzene rings is 2. The molecule has 1 aliphatic rings. The third-order valence-corrected chi connectivity index (χ3v) is 8.00. The number of aliphatic hydroxyl groups is 1. The van der Waals surface area contributed by atoms with E-state index in [-0.39, 0.29) is 36.1 Å². The van der Waals surface area contributed by atoms with Gasteiger partial charge in [0.1, 0.15) is 11.8 Å². The summed E-state index contributed by atoms with van der Waals surface area (Å²) in [6, 6.07) is 10.7. The Hall–Kier alpha value is -3.30. The average molecular weight is 526 g/mol. The largest absolute Gasteiger partial charge is 0.507 e. The highest BCUT2D eigenvalue weighted by atomic mass is 32.2. The molecule has 0 saturated carbocycles. The van der Waals surface area contributed by atoms with Gasteiger partial charge in [-0.05, 0) is 51.3 Å². The Morgan fingerprint density at radius 3 is 2.51 bits per heavy atom. The van der Waals surface area contributed by atoms with Gasteiger partial charge in [-0.1, -0.05) is 42.5 Å². The fraction of sp³-hybridized carbons (Fsp3) is 0.393. The first-order chi connectivity index (χ1) is 17.5. The van der Waals surface area contributed by atoms with Crippen molar-refractivity contribution in [1.82, 2.24) is 15.5 Å². The highest BCUT2D eigenvalue weighted by Gasteiger charge is 2.49. The van der Waals surface area contributed by atoms with Crippen molar-refractivity contribution in [2.75, 3.05) is 12.4 Å². The molecule has 37 heavy (non-hydrogen) atoms. The summed E-state index contributed by atoms with van der Waals surface area (Å²) in [5.41, 5.74) is 2.12. The van der Waals surface area contributed by atoms with Crippen LogP contribution in [0.4, 0.5) is 0 Å². The number of carbonyl (C=O) groups excluding carboxylic acids is 3. The van der Waals surface area contributed by atoms with Crippen LogP contribution in [-0.4, -0.2) is 68.2 Å². The third kappa shape index (κ3) is 6.34. The Morgan fingerprint density at radius 2 is 1.86 bits per heavy atom. The lowest BCUT2D eigenvalue weighted by Crippen LogP contribution is -2.58. The molecular weight excluding hydrogens is 490 g/mol. The molecule has 1 saturated heterocycles. The van der Waals surface area contributed by atoms with Gasteiger partial charge in [0.25, 0.3) is 11.8 Å². The average Bonchev–Trinajstić information content (AvgIpc) is 3.19. The van der Waals surface area contributed by atoms with Crippen molar-refractivity contribution in [3.05, 3.63) is 77.4 Å².